The van der Waals surface area contributed by atoms with Crippen molar-refractivity contribution in [2.75, 3.05) is 11.9 Å². The van der Waals surface area contributed by atoms with Gasteiger partial charge in [0, 0.05) is 6.54 Å². The van der Waals surface area contributed by atoms with Crippen LogP contribution in [-0.2, 0) is 0 Å². The number of hydrogen-bond donors (Lipinski definition) is 1. The number of rotatable bonds is 4. The first-order chi connectivity index (χ1) is 7.92. The van der Waals surface area contributed by atoms with Gasteiger partial charge in [0.1, 0.15) is 6.33 Å². The summed E-state index contributed by atoms with van der Waals surface area (Å²) in [5.74, 6) is 0.716. The molecule has 1 atom stereocenters. The van der Waals surface area contributed by atoms with E-state index in [2.05, 4.69) is 29.1 Å². The highest BCUT2D eigenvalue weighted by Crippen LogP contribution is 2.51. The first-order valence-electron chi connectivity index (χ1n) is 5.30. The molecule has 1 aliphatic rings. The fraction of sp³-hybridized carbons (Fsp3) is 0.600. The van der Waals surface area contributed by atoms with Gasteiger partial charge in [0.2, 0.25) is 11.0 Å². The van der Waals surface area contributed by atoms with Gasteiger partial charge in [0.25, 0.3) is 0 Å². The third-order valence-corrected chi connectivity index (χ3v) is 3.47. The van der Waals surface area contributed by atoms with Crippen LogP contribution < -0.4 is 5.32 Å². The molecule has 1 heterocycles. The lowest BCUT2D eigenvalue weighted by Gasteiger charge is -2.07. The van der Waals surface area contributed by atoms with E-state index < -0.39 is 4.92 Å². The van der Waals surface area contributed by atoms with Crippen LogP contribution >= 0.6 is 11.6 Å². The maximum absolute atomic E-state index is 10.8. The van der Waals surface area contributed by atoms with Gasteiger partial charge in [0.05, 0.1) is 4.92 Å². The lowest BCUT2D eigenvalue weighted by molar-refractivity contribution is -0.384. The molecular formula is C10H13ClN4O2. The number of nitro groups is 1. The van der Waals surface area contributed by atoms with Gasteiger partial charge in [0.15, 0.2) is 0 Å². The molecule has 6 nitrogen and oxygen atoms in total. The van der Waals surface area contributed by atoms with Crippen LogP contribution in [0.1, 0.15) is 20.3 Å². The monoisotopic (exact) mass is 256 g/mol. The lowest BCUT2D eigenvalue weighted by atomic mass is 10.1. The second-order valence-electron chi connectivity index (χ2n) is 4.89. The topological polar surface area (TPSA) is 81.0 Å². The Hall–Kier alpha value is -1.43. The zero-order valence-corrected chi connectivity index (χ0v) is 10.4. The predicted octanol–water partition coefficient (Wildman–Crippen LogP) is 2.50. The van der Waals surface area contributed by atoms with Gasteiger partial charge < -0.3 is 5.32 Å². The maximum atomic E-state index is 10.8. The summed E-state index contributed by atoms with van der Waals surface area (Å²) in [5.41, 5.74) is 0.0612. The van der Waals surface area contributed by atoms with Crippen LogP contribution in [0.25, 0.3) is 0 Å². The minimum atomic E-state index is -0.567. The van der Waals surface area contributed by atoms with E-state index >= 15 is 0 Å². The van der Waals surface area contributed by atoms with Crippen LogP contribution in [0.4, 0.5) is 11.5 Å². The number of nitrogens with zero attached hydrogens (tertiary/aromatic N) is 3. The van der Waals surface area contributed by atoms with Gasteiger partial charge in [-0.05, 0) is 17.8 Å². The Morgan fingerprint density at radius 1 is 1.65 bits per heavy atom. The number of halogens is 1. The molecule has 7 heteroatoms. The average Bonchev–Trinajstić information content (AvgIpc) is 2.83. The van der Waals surface area contributed by atoms with Crippen molar-refractivity contribution >= 4 is 23.1 Å². The Morgan fingerprint density at radius 2 is 2.29 bits per heavy atom. The van der Waals surface area contributed by atoms with E-state index in [1.54, 1.807) is 0 Å². The van der Waals surface area contributed by atoms with E-state index in [0.29, 0.717) is 17.9 Å². The van der Waals surface area contributed by atoms with Gasteiger partial charge in [-0.3, -0.25) is 10.1 Å². The van der Waals surface area contributed by atoms with E-state index in [1.807, 2.05) is 0 Å². The number of anilines is 1. The molecular weight excluding hydrogens is 244 g/mol. The van der Waals surface area contributed by atoms with Crippen molar-refractivity contribution in [3.05, 3.63) is 21.6 Å². The van der Waals surface area contributed by atoms with Gasteiger partial charge in [-0.25, -0.2) is 9.97 Å². The second kappa shape index (κ2) is 4.10. The molecule has 0 amide bonds. The van der Waals surface area contributed by atoms with E-state index in [1.165, 1.54) is 6.33 Å². The molecule has 92 valence electrons. The quantitative estimate of drug-likeness (QED) is 0.508. The lowest BCUT2D eigenvalue weighted by Crippen LogP contribution is -2.10. The summed E-state index contributed by atoms with van der Waals surface area (Å²) < 4.78 is 0. The molecule has 17 heavy (non-hydrogen) atoms. The summed E-state index contributed by atoms with van der Waals surface area (Å²) in [6.45, 7) is 5.00. The van der Waals surface area contributed by atoms with Crippen molar-refractivity contribution in [3.63, 3.8) is 0 Å². The summed E-state index contributed by atoms with van der Waals surface area (Å²) in [7, 11) is 0. The van der Waals surface area contributed by atoms with Gasteiger partial charge in [-0.2, -0.15) is 0 Å². The molecule has 1 aliphatic carbocycles. The van der Waals surface area contributed by atoms with E-state index in [-0.39, 0.29) is 16.7 Å². The molecule has 0 aliphatic heterocycles. The highest BCUT2D eigenvalue weighted by Gasteiger charge is 2.45. The molecule has 0 saturated heterocycles. The van der Waals surface area contributed by atoms with Gasteiger partial charge >= 0.3 is 5.69 Å². The zero-order valence-electron chi connectivity index (χ0n) is 9.61. The van der Waals surface area contributed by atoms with Crippen molar-refractivity contribution in [1.82, 2.24) is 9.97 Å². The van der Waals surface area contributed by atoms with Crippen molar-refractivity contribution < 1.29 is 4.92 Å². The minimum Gasteiger partial charge on any atom is -0.364 e. The molecule has 1 aromatic heterocycles. The van der Waals surface area contributed by atoms with Gasteiger partial charge in [-0.15, -0.1) is 0 Å². The first-order valence-corrected chi connectivity index (χ1v) is 5.68. The smallest absolute Gasteiger partial charge is 0.348 e. The van der Waals surface area contributed by atoms with Crippen LogP contribution in [0.2, 0.25) is 5.15 Å². The zero-order chi connectivity index (χ0) is 12.6. The van der Waals surface area contributed by atoms with Crippen LogP contribution in [0.15, 0.2) is 6.33 Å². The third kappa shape index (κ3) is 2.46. The van der Waals surface area contributed by atoms with E-state index in [0.717, 1.165) is 6.42 Å². The van der Waals surface area contributed by atoms with Crippen molar-refractivity contribution in [1.29, 1.82) is 0 Å². The third-order valence-electron chi connectivity index (χ3n) is 3.19. The summed E-state index contributed by atoms with van der Waals surface area (Å²) in [6.07, 6.45) is 2.34. The van der Waals surface area contributed by atoms with Crippen molar-refractivity contribution in [3.8, 4) is 0 Å². The molecule has 1 saturated carbocycles. The fourth-order valence-electron chi connectivity index (χ4n) is 1.79. The van der Waals surface area contributed by atoms with E-state index in [9.17, 15) is 10.1 Å². The van der Waals surface area contributed by atoms with Gasteiger partial charge in [-0.1, -0.05) is 25.4 Å². The highest BCUT2D eigenvalue weighted by molar-refractivity contribution is 6.31. The fourth-order valence-corrected chi connectivity index (χ4v) is 2.00. The first kappa shape index (κ1) is 12.0. The predicted molar refractivity (Wildman–Crippen MR) is 64.1 cm³/mol. The molecule has 0 radical (unpaired) electrons. The molecule has 0 aromatic carbocycles. The van der Waals surface area contributed by atoms with Crippen LogP contribution in [0.5, 0.6) is 0 Å². The number of aromatic nitrogens is 2. The standard InChI is InChI=1S/C10H13ClN4O2/c1-10(2)3-6(10)4-12-9-7(15(16)17)8(11)13-5-14-9/h5-6H,3-4H2,1-2H3,(H,12,13,14). The Morgan fingerprint density at radius 3 is 2.82 bits per heavy atom. The van der Waals surface area contributed by atoms with Crippen molar-refractivity contribution in [2.45, 2.75) is 20.3 Å². The summed E-state index contributed by atoms with van der Waals surface area (Å²) in [5, 5.41) is 13.7. The van der Waals surface area contributed by atoms with E-state index in [4.69, 9.17) is 11.6 Å². The maximum Gasteiger partial charge on any atom is 0.348 e. The molecule has 0 bridgehead atoms. The second-order valence-corrected chi connectivity index (χ2v) is 5.25. The molecule has 1 fully saturated rings. The molecule has 1 N–H and O–H groups in total. The molecule has 0 spiro atoms. The Balaban J connectivity index is 2.10. The number of nitrogens with one attached hydrogen (secondary N) is 1. The van der Waals surface area contributed by atoms with Crippen LogP contribution in [-0.4, -0.2) is 21.4 Å². The SMILES string of the molecule is CC1(C)CC1CNc1ncnc(Cl)c1[N+](=O)[O-]. The molecule has 2 rings (SSSR count). The average molecular weight is 257 g/mol. The summed E-state index contributed by atoms with van der Waals surface area (Å²) in [6, 6.07) is 0. The number of hydrogen-bond acceptors (Lipinski definition) is 5. The Kier molecular flexibility index (Phi) is 2.91. The largest absolute Gasteiger partial charge is 0.364 e. The summed E-state index contributed by atoms with van der Waals surface area (Å²) in [4.78, 5) is 17.7. The van der Waals surface area contributed by atoms with Crippen molar-refractivity contribution in [2.24, 2.45) is 11.3 Å². The summed E-state index contributed by atoms with van der Waals surface area (Å²) >= 11 is 5.68. The molecule has 1 aromatic rings. The minimum absolute atomic E-state index is 0.137. The van der Waals surface area contributed by atoms with Crippen LogP contribution in [0.3, 0.4) is 0 Å². The molecule has 1 unspecified atom stereocenters. The normalized spacial score (nSPS) is 21.0. The Bertz CT molecular complexity index is 464. The highest BCUT2D eigenvalue weighted by atomic mass is 35.5. The Labute approximate surface area is 104 Å². The van der Waals surface area contributed by atoms with Crippen LogP contribution in [0, 0.1) is 21.4 Å².